The van der Waals surface area contributed by atoms with Gasteiger partial charge >= 0.3 is 5.97 Å². The summed E-state index contributed by atoms with van der Waals surface area (Å²) in [6.45, 7) is 5.69. The van der Waals surface area contributed by atoms with E-state index in [9.17, 15) is 4.79 Å². The minimum atomic E-state index is -0.973. The summed E-state index contributed by atoms with van der Waals surface area (Å²) in [5, 5.41) is 9.01. The predicted molar refractivity (Wildman–Crippen MR) is 88.2 cm³/mol. The molecule has 0 amide bonds. The zero-order valence-corrected chi connectivity index (χ0v) is 13.1. The third-order valence-corrected chi connectivity index (χ3v) is 4.13. The van der Waals surface area contributed by atoms with Gasteiger partial charge in [0.25, 0.3) is 0 Å². The Hall–Kier alpha value is -2.24. The number of carboxylic acid groups (broad SMARTS) is 1. The summed E-state index contributed by atoms with van der Waals surface area (Å²) < 4.78 is 0. The maximum absolute atomic E-state index is 11.0. The fourth-order valence-electron chi connectivity index (χ4n) is 2.86. The number of pyridine rings is 1. The lowest BCUT2D eigenvalue weighted by Crippen LogP contribution is -2.45. The topological polar surface area (TPSA) is 56.7 Å². The highest BCUT2D eigenvalue weighted by molar-refractivity contribution is 5.85. The van der Waals surface area contributed by atoms with Gasteiger partial charge in [0.1, 0.15) is 5.69 Å². The number of hydrogen-bond donors (Lipinski definition) is 1. The molecule has 1 fully saturated rings. The molecule has 120 valence electrons. The molecular formula is C18H21N3O2. The summed E-state index contributed by atoms with van der Waals surface area (Å²) in [5.74, 6) is -0.973. The molecule has 0 bridgehead atoms. The number of piperazine rings is 1. The lowest BCUT2D eigenvalue weighted by molar-refractivity contribution is 0.0689. The van der Waals surface area contributed by atoms with Gasteiger partial charge in [0.2, 0.25) is 0 Å². The second-order valence-electron chi connectivity index (χ2n) is 5.86. The van der Waals surface area contributed by atoms with Crippen LogP contribution in [0, 0.1) is 0 Å². The van der Waals surface area contributed by atoms with Crippen molar-refractivity contribution >= 4 is 5.97 Å². The van der Waals surface area contributed by atoms with E-state index in [2.05, 4.69) is 39.0 Å². The highest BCUT2D eigenvalue weighted by Crippen LogP contribution is 2.11. The number of aromatic carboxylic acids is 1. The van der Waals surface area contributed by atoms with Gasteiger partial charge in [-0.3, -0.25) is 9.80 Å². The molecule has 2 heterocycles. The molecule has 1 aromatic heterocycles. The zero-order chi connectivity index (χ0) is 16.1. The van der Waals surface area contributed by atoms with Crippen LogP contribution < -0.4 is 0 Å². The lowest BCUT2D eigenvalue weighted by Gasteiger charge is -2.34. The van der Waals surface area contributed by atoms with Gasteiger partial charge < -0.3 is 5.11 Å². The van der Waals surface area contributed by atoms with E-state index in [-0.39, 0.29) is 5.69 Å². The number of carboxylic acids is 1. The molecule has 1 aliphatic heterocycles. The quantitative estimate of drug-likeness (QED) is 0.916. The molecule has 1 saturated heterocycles. The highest BCUT2D eigenvalue weighted by atomic mass is 16.4. The van der Waals surface area contributed by atoms with Crippen molar-refractivity contribution in [2.75, 3.05) is 26.2 Å². The van der Waals surface area contributed by atoms with Crippen molar-refractivity contribution < 1.29 is 9.90 Å². The molecule has 0 spiro atoms. The third kappa shape index (κ3) is 4.37. The minimum absolute atomic E-state index is 0.116. The Morgan fingerprint density at radius 3 is 2.22 bits per heavy atom. The van der Waals surface area contributed by atoms with Crippen molar-refractivity contribution in [3.05, 3.63) is 65.5 Å². The first-order valence-electron chi connectivity index (χ1n) is 7.88. The number of aromatic nitrogens is 1. The van der Waals surface area contributed by atoms with Gasteiger partial charge in [0.15, 0.2) is 0 Å². The van der Waals surface area contributed by atoms with Crippen molar-refractivity contribution in [1.29, 1.82) is 0 Å². The van der Waals surface area contributed by atoms with Crippen molar-refractivity contribution in [3.8, 4) is 0 Å². The van der Waals surface area contributed by atoms with Gasteiger partial charge in [-0.25, -0.2) is 9.78 Å². The maximum Gasteiger partial charge on any atom is 0.354 e. The molecule has 0 atom stereocenters. The van der Waals surface area contributed by atoms with E-state index in [4.69, 9.17) is 5.11 Å². The van der Waals surface area contributed by atoms with Gasteiger partial charge in [-0.1, -0.05) is 36.4 Å². The zero-order valence-electron chi connectivity index (χ0n) is 13.1. The van der Waals surface area contributed by atoms with Crippen LogP contribution in [0.3, 0.4) is 0 Å². The van der Waals surface area contributed by atoms with E-state index >= 15 is 0 Å². The van der Waals surface area contributed by atoms with Gasteiger partial charge in [-0.2, -0.15) is 0 Å². The van der Waals surface area contributed by atoms with Crippen molar-refractivity contribution in [1.82, 2.24) is 14.8 Å². The molecule has 0 saturated carbocycles. The Morgan fingerprint density at radius 1 is 0.913 bits per heavy atom. The second-order valence-corrected chi connectivity index (χ2v) is 5.86. The van der Waals surface area contributed by atoms with Crippen LogP contribution in [0.2, 0.25) is 0 Å². The molecule has 0 unspecified atom stereocenters. The van der Waals surface area contributed by atoms with Crippen LogP contribution in [-0.4, -0.2) is 52.0 Å². The standard InChI is InChI=1S/C18H21N3O2/c22-18(23)17-8-4-7-16(19-17)14-21-11-9-20(10-12-21)13-15-5-2-1-3-6-15/h1-8H,9-14H2,(H,22,23). The molecule has 0 aliphatic carbocycles. The van der Waals surface area contributed by atoms with Crippen LogP contribution >= 0.6 is 0 Å². The molecule has 5 heteroatoms. The Bertz CT molecular complexity index is 652. The Labute approximate surface area is 136 Å². The van der Waals surface area contributed by atoms with Crippen molar-refractivity contribution in [3.63, 3.8) is 0 Å². The molecular weight excluding hydrogens is 290 g/mol. The monoisotopic (exact) mass is 311 g/mol. The summed E-state index contributed by atoms with van der Waals surface area (Å²) in [4.78, 5) is 20.0. The van der Waals surface area contributed by atoms with Crippen LogP contribution in [0.25, 0.3) is 0 Å². The van der Waals surface area contributed by atoms with E-state index < -0.39 is 5.97 Å². The Morgan fingerprint density at radius 2 is 1.57 bits per heavy atom. The molecule has 23 heavy (non-hydrogen) atoms. The number of rotatable bonds is 5. The van der Waals surface area contributed by atoms with E-state index in [1.165, 1.54) is 11.6 Å². The second kappa shape index (κ2) is 7.35. The largest absolute Gasteiger partial charge is 0.477 e. The maximum atomic E-state index is 11.0. The molecule has 2 aromatic rings. The van der Waals surface area contributed by atoms with Crippen molar-refractivity contribution in [2.24, 2.45) is 0 Å². The molecule has 1 aromatic carbocycles. The summed E-state index contributed by atoms with van der Waals surface area (Å²) >= 11 is 0. The highest BCUT2D eigenvalue weighted by Gasteiger charge is 2.17. The van der Waals surface area contributed by atoms with E-state index in [0.29, 0.717) is 6.54 Å². The average Bonchev–Trinajstić information content (AvgIpc) is 2.58. The fourth-order valence-corrected chi connectivity index (χ4v) is 2.86. The van der Waals surface area contributed by atoms with Gasteiger partial charge in [-0.15, -0.1) is 0 Å². The normalized spacial score (nSPS) is 16.3. The Balaban J connectivity index is 1.51. The first kappa shape index (κ1) is 15.6. The Kier molecular flexibility index (Phi) is 5.00. The van der Waals surface area contributed by atoms with E-state index in [0.717, 1.165) is 38.4 Å². The number of nitrogens with zero attached hydrogens (tertiary/aromatic N) is 3. The third-order valence-electron chi connectivity index (χ3n) is 4.13. The smallest absolute Gasteiger partial charge is 0.354 e. The fraction of sp³-hybridized carbons (Fsp3) is 0.333. The molecule has 3 rings (SSSR count). The summed E-state index contributed by atoms with van der Waals surface area (Å²) in [5.41, 5.74) is 2.28. The first-order valence-corrected chi connectivity index (χ1v) is 7.88. The number of carbonyl (C=O) groups is 1. The molecule has 1 N–H and O–H groups in total. The van der Waals surface area contributed by atoms with Gasteiger partial charge in [-0.05, 0) is 17.7 Å². The van der Waals surface area contributed by atoms with Crippen LogP contribution in [-0.2, 0) is 13.1 Å². The van der Waals surface area contributed by atoms with Crippen molar-refractivity contribution in [2.45, 2.75) is 13.1 Å². The molecule has 1 aliphatic rings. The summed E-state index contributed by atoms with van der Waals surface area (Å²) in [7, 11) is 0. The average molecular weight is 311 g/mol. The summed E-state index contributed by atoms with van der Waals surface area (Å²) in [6, 6.07) is 15.7. The van der Waals surface area contributed by atoms with Crippen LogP contribution in [0.15, 0.2) is 48.5 Å². The van der Waals surface area contributed by atoms with Gasteiger partial charge in [0.05, 0.1) is 5.69 Å². The predicted octanol–water partition coefficient (Wildman–Crippen LogP) is 2.10. The number of hydrogen-bond acceptors (Lipinski definition) is 4. The first-order chi connectivity index (χ1) is 11.2. The molecule has 0 radical (unpaired) electrons. The number of benzene rings is 1. The van der Waals surface area contributed by atoms with Crippen LogP contribution in [0.4, 0.5) is 0 Å². The summed E-state index contributed by atoms with van der Waals surface area (Å²) in [6.07, 6.45) is 0. The van der Waals surface area contributed by atoms with Crippen LogP contribution in [0.1, 0.15) is 21.7 Å². The van der Waals surface area contributed by atoms with E-state index in [1.807, 2.05) is 12.1 Å². The van der Waals surface area contributed by atoms with Crippen LogP contribution in [0.5, 0.6) is 0 Å². The lowest BCUT2D eigenvalue weighted by atomic mass is 10.2. The minimum Gasteiger partial charge on any atom is -0.477 e. The van der Waals surface area contributed by atoms with Gasteiger partial charge in [0, 0.05) is 39.3 Å². The molecule has 5 nitrogen and oxygen atoms in total. The SMILES string of the molecule is O=C(O)c1cccc(CN2CCN(Cc3ccccc3)CC2)n1. The van der Waals surface area contributed by atoms with E-state index in [1.54, 1.807) is 6.07 Å².